The highest BCUT2D eigenvalue weighted by molar-refractivity contribution is 6.22. The van der Waals surface area contributed by atoms with Crippen LogP contribution in [0.5, 0.6) is 0 Å². The minimum atomic E-state index is 0.328. The van der Waals surface area contributed by atoms with Gasteiger partial charge in [0.15, 0.2) is 22.3 Å². The minimum Gasteiger partial charge on any atom is -0.454 e. The maximum atomic E-state index is 6.88. The predicted molar refractivity (Wildman–Crippen MR) is 308 cm³/mol. The molecule has 0 N–H and O–H groups in total. The first-order chi connectivity index (χ1) is 36.3. The van der Waals surface area contributed by atoms with Crippen LogP contribution in [-0.2, 0) is 0 Å². The lowest BCUT2D eigenvalue weighted by Gasteiger charge is -2.25. The molecule has 0 bridgehead atoms. The van der Waals surface area contributed by atoms with Crippen LogP contribution in [0.2, 0.25) is 0 Å². The Kier molecular flexibility index (Phi) is 9.24. The van der Waals surface area contributed by atoms with Crippen LogP contribution in [0.4, 0.5) is 34.1 Å². The molecule has 0 spiro atoms. The van der Waals surface area contributed by atoms with E-state index in [0.29, 0.717) is 11.8 Å². The normalized spacial score (nSPS) is 12.3. The third kappa shape index (κ3) is 6.37. The van der Waals surface area contributed by atoms with E-state index in [1.807, 2.05) is 0 Å². The molecule has 0 aliphatic rings. The number of hydrogen-bond donors (Lipinski definition) is 0. The summed E-state index contributed by atoms with van der Waals surface area (Å²) in [6, 6.07) is 73.5. The molecule has 11 aromatic carbocycles. The average Bonchev–Trinajstić information content (AvgIpc) is 4.21. The van der Waals surface area contributed by atoms with Crippen molar-refractivity contribution < 1.29 is 17.7 Å². The third-order valence-corrected chi connectivity index (χ3v) is 15.3. The molecular weight excluding hydrogens is 909 g/mol. The first-order valence-electron chi connectivity index (χ1n) is 25.6. The molecule has 74 heavy (non-hydrogen) atoms. The highest BCUT2D eigenvalue weighted by atomic mass is 16.4. The van der Waals surface area contributed by atoms with Gasteiger partial charge in [-0.05, 0) is 142 Å². The fraction of sp³-hybridized carbons (Fsp3) is 0.0882. The van der Waals surface area contributed by atoms with Gasteiger partial charge in [0.05, 0.1) is 11.4 Å². The van der Waals surface area contributed by atoms with E-state index in [2.05, 4.69) is 244 Å². The standard InChI is InChI=1S/C68H48N2O4/c1-39(2)49-19-11-21-51-53-23-13-25-59(65(53)73-63(49)51)69(45-15-7-5-8-16-45)47-29-27-41-35-57-55-31-32-56-58-36-42-28-30-48(34-44(42)38-62(58)72-68(56)67(55)71-61(57)37-43(41)33-47)70(46-17-9-6-10-18-46)60-26-14-24-54-52-22-12-20-50(40(3)4)64(52)74-66(54)60/h5-40H,1-4H3. The van der Waals surface area contributed by atoms with Crippen LogP contribution in [0.25, 0.3) is 109 Å². The summed E-state index contributed by atoms with van der Waals surface area (Å²) in [4.78, 5) is 4.60. The molecule has 0 aliphatic carbocycles. The van der Waals surface area contributed by atoms with E-state index in [-0.39, 0.29) is 0 Å². The van der Waals surface area contributed by atoms with Gasteiger partial charge in [0.25, 0.3) is 0 Å². The largest absolute Gasteiger partial charge is 0.454 e. The Morgan fingerprint density at radius 2 is 0.662 bits per heavy atom. The van der Waals surface area contributed by atoms with Crippen LogP contribution in [0, 0.1) is 0 Å². The second kappa shape index (κ2) is 16.1. The van der Waals surface area contributed by atoms with Gasteiger partial charge in [-0.3, -0.25) is 0 Å². The maximum Gasteiger partial charge on any atom is 0.178 e. The van der Waals surface area contributed by atoms with E-state index in [0.717, 1.165) is 143 Å². The van der Waals surface area contributed by atoms with E-state index in [4.69, 9.17) is 17.7 Å². The molecule has 0 aliphatic heterocycles. The summed E-state index contributed by atoms with van der Waals surface area (Å²) in [5.74, 6) is 0.656. The quantitative estimate of drug-likeness (QED) is 0.151. The Hall–Kier alpha value is -9.26. The summed E-state index contributed by atoms with van der Waals surface area (Å²) in [6.07, 6.45) is 0. The van der Waals surface area contributed by atoms with Crippen LogP contribution >= 0.6 is 0 Å². The Labute approximate surface area is 425 Å². The minimum absolute atomic E-state index is 0.328. The van der Waals surface area contributed by atoms with E-state index in [1.165, 1.54) is 11.1 Å². The van der Waals surface area contributed by atoms with Gasteiger partial charge in [-0.1, -0.05) is 137 Å². The topological polar surface area (TPSA) is 59.0 Å². The first-order valence-corrected chi connectivity index (χ1v) is 25.6. The second-order valence-corrected chi connectivity index (χ2v) is 20.4. The lowest BCUT2D eigenvalue weighted by Crippen LogP contribution is -2.10. The number of benzene rings is 11. The fourth-order valence-corrected chi connectivity index (χ4v) is 11.7. The number of hydrogen-bond acceptors (Lipinski definition) is 6. The molecule has 6 heteroatoms. The van der Waals surface area contributed by atoms with Gasteiger partial charge in [0.2, 0.25) is 0 Å². The molecule has 0 unspecified atom stereocenters. The number of fused-ring (bicyclic) bond motifs is 15. The fourth-order valence-electron chi connectivity index (χ4n) is 11.7. The van der Waals surface area contributed by atoms with E-state index >= 15 is 0 Å². The lowest BCUT2D eigenvalue weighted by molar-refractivity contribution is 0.634. The summed E-state index contributed by atoms with van der Waals surface area (Å²) in [5.41, 5.74) is 15.2. The van der Waals surface area contributed by atoms with Crippen LogP contribution in [0.3, 0.4) is 0 Å². The Morgan fingerprint density at radius 3 is 1.08 bits per heavy atom. The van der Waals surface area contributed by atoms with Crippen LogP contribution in [-0.4, -0.2) is 0 Å². The van der Waals surface area contributed by atoms with Crippen molar-refractivity contribution in [2.75, 3.05) is 9.80 Å². The molecule has 0 amide bonds. The zero-order valence-corrected chi connectivity index (χ0v) is 41.3. The summed E-state index contributed by atoms with van der Waals surface area (Å²) in [7, 11) is 0. The third-order valence-electron chi connectivity index (χ3n) is 15.3. The molecular formula is C68H48N2O4. The average molecular weight is 957 g/mol. The van der Waals surface area contributed by atoms with Gasteiger partial charge in [0, 0.05) is 65.8 Å². The summed E-state index contributed by atoms with van der Waals surface area (Å²) >= 11 is 0. The van der Waals surface area contributed by atoms with Gasteiger partial charge >= 0.3 is 0 Å². The molecule has 0 fully saturated rings. The summed E-state index contributed by atoms with van der Waals surface area (Å²) in [5, 5.41) is 13.0. The van der Waals surface area contributed by atoms with E-state index in [9.17, 15) is 0 Å². The van der Waals surface area contributed by atoms with E-state index < -0.39 is 0 Å². The molecule has 15 rings (SSSR count). The first kappa shape index (κ1) is 42.4. The highest BCUT2D eigenvalue weighted by Gasteiger charge is 2.24. The summed E-state index contributed by atoms with van der Waals surface area (Å²) in [6.45, 7) is 8.88. The Balaban J connectivity index is 0.848. The smallest absolute Gasteiger partial charge is 0.178 e. The number of rotatable bonds is 8. The van der Waals surface area contributed by atoms with Crippen molar-refractivity contribution in [3.8, 4) is 0 Å². The lowest BCUT2D eigenvalue weighted by atomic mass is 10.00. The van der Waals surface area contributed by atoms with Crippen molar-refractivity contribution in [3.05, 3.63) is 217 Å². The molecule has 0 atom stereocenters. The molecule has 15 aromatic rings. The molecule has 6 nitrogen and oxygen atoms in total. The number of furan rings is 4. The molecule has 0 radical (unpaired) electrons. The van der Waals surface area contributed by atoms with Crippen molar-refractivity contribution in [2.24, 2.45) is 0 Å². The van der Waals surface area contributed by atoms with Crippen molar-refractivity contribution in [2.45, 2.75) is 39.5 Å². The molecule has 0 saturated heterocycles. The molecule has 354 valence electrons. The van der Waals surface area contributed by atoms with E-state index in [1.54, 1.807) is 0 Å². The van der Waals surface area contributed by atoms with Gasteiger partial charge in [-0.15, -0.1) is 0 Å². The summed E-state index contributed by atoms with van der Waals surface area (Å²) < 4.78 is 27.5. The molecule has 0 saturated carbocycles. The van der Waals surface area contributed by atoms with Gasteiger partial charge in [-0.25, -0.2) is 0 Å². The van der Waals surface area contributed by atoms with Crippen molar-refractivity contribution in [1.29, 1.82) is 0 Å². The monoisotopic (exact) mass is 956 g/mol. The van der Waals surface area contributed by atoms with Crippen molar-refractivity contribution in [3.63, 3.8) is 0 Å². The van der Waals surface area contributed by atoms with Crippen LogP contribution in [0.1, 0.15) is 50.7 Å². The molecule has 4 heterocycles. The van der Waals surface area contributed by atoms with Crippen molar-refractivity contribution >= 4 is 143 Å². The number of anilines is 6. The van der Waals surface area contributed by atoms with Gasteiger partial charge in [-0.2, -0.15) is 0 Å². The van der Waals surface area contributed by atoms with Gasteiger partial charge < -0.3 is 27.5 Å². The van der Waals surface area contributed by atoms with Gasteiger partial charge in [0.1, 0.15) is 22.3 Å². The SMILES string of the molecule is CC(C)c1cccc2c1oc1c(N(c3ccccc3)c3ccc4cc5c(cc4c3)oc3c5ccc4c5cc6ccc(N(c7ccccc7)c7cccc8c7oc7c(C(C)C)cccc78)cc6cc5oc43)cccc12. The predicted octanol–water partition coefficient (Wildman–Crippen LogP) is 20.8. The zero-order chi connectivity index (χ0) is 49.3. The maximum absolute atomic E-state index is 6.88. The zero-order valence-electron chi connectivity index (χ0n) is 41.3. The highest BCUT2D eigenvalue weighted by Crippen LogP contribution is 2.48. The second-order valence-electron chi connectivity index (χ2n) is 20.4. The van der Waals surface area contributed by atoms with Crippen molar-refractivity contribution in [1.82, 2.24) is 0 Å². The Morgan fingerprint density at radius 1 is 0.270 bits per heavy atom. The van der Waals surface area contributed by atoms with Crippen LogP contribution < -0.4 is 9.80 Å². The van der Waals surface area contributed by atoms with Crippen LogP contribution in [0.15, 0.2) is 224 Å². The number of nitrogens with zero attached hydrogens (tertiary/aromatic N) is 2. The Bertz CT molecular complexity index is 4440. The number of para-hydroxylation sites is 6. The molecule has 4 aromatic heterocycles.